The average molecular weight is 390 g/mol. The fourth-order valence-corrected chi connectivity index (χ4v) is 4.27. The van der Waals surface area contributed by atoms with Gasteiger partial charge in [-0.05, 0) is 49.4 Å². The Kier molecular flexibility index (Phi) is 5.67. The van der Waals surface area contributed by atoms with Crippen molar-refractivity contribution >= 4 is 22.0 Å². The highest BCUT2D eigenvalue weighted by molar-refractivity contribution is 7.89. The van der Waals surface area contributed by atoms with Gasteiger partial charge in [0.1, 0.15) is 17.3 Å². The van der Waals surface area contributed by atoms with Gasteiger partial charge in [-0.25, -0.2) is 8.42 Å². The first-order chi connectivity index (χ1) is 12.9. The Hall–Kier alpha value is -2.58. The van der Waals surface area contributed by atoms with Crippen molar-refractivity contribution in [2.75, 3.05) is 33.3 Å². The van der Waals surface area contributed by atoms with E-state index in [1.54, 1.807) is 29.2 Å². The normalized spacial score (nSPS) is 16.0. The van der Waals surface area contributed by atoms with Crippen molar-refractivity contribution in [2.45, 2.75) is 11.8 Å². The second-order valence-corrected chi connectivity index (χ2v) is 8.12. The van der Waals surface area contributed by atoms with Crippen LogP contribution in [-0.2, 0) is 14.8 Å². The van der Waals surface area contributed by atoms with Crippen molar-refractivity contribution in [3.63, 3.8) is 0 Å². The van der Waals surface area contributed by atoms with Crippen molar-refractivity contribution < 1.29 is 22.4 Å². The average Bonchev–Trinajstić information content (AvgIpc) is 3.11. The number of carbonyl (C=O) groups excluding carboxylic acids is 1. The molecule has 0 spiro atoms. The van der Waals surface area contributed by atoms with E-state index in [2.05, 4.69) is 0 Å². The molecule has 3 rings (SSSR count). The molecule has 1 aromatic carbocycles. The van der Waals surface area contributed by atoms with Gasteiger partial charge in [0.05, 0.1) is 12.0 Å². The highest BCUT2D eigenvalue weighted by Crippen LogP contribution is 2.20. The lowest BCUT2D eigenvalue weighted by atomic mass is 10.3. The topological polar surface area (TPSA) is 80.1 Å². The second-order valence-electron chi connectivity index (χ2n) is 6.19. The maximum absolute atomic E-state index is 12.7. The molecule has 0 bridgehead atoms. The number of aryl methyl sites for hydroxylation is 1. The zero-order chi connectivity index (χ0) is 19.4. The Labute approximate surface area is 158 Å². The number of hydrogen-bond acceptors (Lipinski definition) is 5. The molecule has 2 heterocycles. The van der Waals surface area contributed by atoms with Crippen molar-refractivity contribution in [2.24, 2.45) is 0 Å². The van der Waals surface area contributed by atoms with Crippen molar-refractivity contribution in [1.82, 2.24) is 9.21 Å². The second kappa shape index (κ2) is 7.98. The Balaban J connectivity index is 1.60. The van der Waals surface area contributed by atoms with E-state index in [0.29, 0.717) is 24.6 Å². The van der Waals surface area contributed by atoms with E-state index in [9.17, 15) is 13.2 Å². The van der Waals surface area contributed by atoms with Crippen LogP contribution in [0.5, 0.6) is 5.75 Å². The molecule has 1 fully saturated rings. The molecular weight excluding hydrogens is 368 g/mol. The van der Waals surface area contributed by atoms with Crippen molar-refractivity contribution in [3.8, 4) is 5.75 Å². The SMILES string of the molecule is COc1ccc(S(=O)(=O)N2CCN(C(=O)/C=C/c3ccc(C)o3)CC2)cc1. The monoisotopic (exact) mass is 390 g/mol. The Morgan fingerprint density at radius 1 is 1.07 bits per heavy atom. The number of methoxy groups -OCH3 is 1. The summed E-state index contributed by atoms with van der Waals surface area (Å²) in [7, 11) is -2.05. The molecule has 0 atom stereocenters. The molecule has 0 unspecified atom stereocenters. The van der Waals surface area contributed by atoms with Crippen LogP contribution in [0.2, 0.25) is 0 Å². The van der Waals surface area contributed by atoms with Crippen LogP contribution in [0.3, 0.4) is 0 Å². The molecule has 144 valence electrons. The predicted octanol–water partition coefficient (Wildman–Crippen LogP) is 2.14. The number of carbonyl (C=O) groups is 1. The predicted molar refractivity (Wildman–Crippen MR) is 101 cm³/mol. The fraction of sp³-hybridized carbons (Fsp3) is 0.316. The van der Waals surface area contributed by atoms with Gasteiger partial charge in [-0.15, -0.1) is 0 Å². The first kappa shape index (κ1) is 19.2. The van der Waals surface area contributed by atoms with Crippen LogP contribution in [0.1, 0.15) is 11.5 Å². The van der Waals surface area contributed by atoms with Crippen LogP contribution in [0.15, 0.2) is 51.8 Å². The first-order valence-corrected chi connectivity index (χ1v) is 10.0. The molecule has 0 radical (unpaired) electrons. The molecule has 2 aromatic rings. The quantitative estimate of drug-likeness (QED) is 0.731. The number of ether oxygens (including phenoxy) is 1. The Bertz CT molecular complexity index is 923. The van der Waals surface area contributed by atoms with Crippen LogP contribution in [0, 0.1) is 6.92 Å². The minimum absolute atomic E-state index is 0.162. The summed E-state index contributed by atoms with van der Waals surface area (Å²) in [5.41, 5.74) is 0. The number of rotatable bonds is 5. The summed E-state index contributed by atoms with van der Waals surface area (Å²) in [6, 6.07) is 9.91. The Morgan fingerprint density at radius 3 is 2.30 bits per heavy atom. The third-order valence-electron chi connectivity index (χ3n) is 4.40. The number of piperazine rings is 1. The molecule has 8 heteroatoms. The maximum atomic E-state index is 12.7. The highest BCUT2D eigenvalue weighted by Gasteiger charge is 2.29. The molecule has 0 saturated carbocycles. The number of sulfonamides is 1. The standard InChI is InChI=1S/C19H22N2O5S/c1-15-3-4-17(26-15)7-10-19(22)20-11-13-21(14-12-20)27(23,24)18-8-5-16(25-2)6-9-18/h3-10H,11-14H2,1-2H3/b10-7+. The van der Waals surface area contributed by atoms with Crippen LogP contribution < -0.4 is 4.74 Å². The Morgan fingerprint density at radius 2 is 1.74 bits per heavy atom. The summed E-state index contributed by atoms with van der Waals surface area (Å²) in [6.45, 7) is 3.04. The zero-order valence-electron chi connectivity index (χ0n) is 15.3. The van der Waals surface area contributed by atoms with Crippen molar-refractivity contribution in [3.05, 3.63) is 54.0 Å². The van der Waals surface area contributed by atoms with Crippen LogP contribution >= 0.6 is 0 Å². The minimum Gasteiger partial charge on any atom is -0.497 e. The van der Waals surface area contributed by atoms with Crippen molar-refractivity contribution in [1.29, 1.82) is 0 Å². The largest absolute Gasteiger partial charge is 0.497 e. The van der Waals surface area contributed by atoms with Gasteiger partial charge in [0.25, 0.3) is 0 Å². The zero-order valence-corrected chi connectivity index (χ0v) is 16.1. The summed E-state index contributed by atoms with van der Waals surface area (Å²) in [5, 5.41) is 0. The van der Waals surface area contributed by atoms with Gasteiger partial charge >= 0.3 is 0 Å². The molecule has 27 heavy (non-hydrogen) atoms. The number of amides is 1. The molecule has 1 aromatic heterocycles. The van der Waals surface area contributed by atoms with Gasteiger partial charge in [-0.3, -0.25) is 4.79 Å². The van der Waals surface area contributed by atoms with E-state index in [-0.39, 0.29) is 23.9 Å². The van der Waals surface area contributed by atoms with Gasteiger partial charge < -0.3 is 14.1 Å². The maximum Gasteiger partial charge on any atom is 0.246 e. The lowest BCUT2D eigenvalue weighted by Gasteiger charge is -2.33. The van der Waals surface area contributed by atoms with E-state index in [1.165, 1.54) is 29.6 Å². The molecule has 0 N–H and O–H groups in total. The number of hydrogen-bond donors (Lipinski definition) is 0. The summed E-state index contributed by atoms with van der Waals surface area (Å²) in [6.07, 6.45) is 3.07. The first-order valence-electron chi connectivity index (χ1n) is 8.58. The summed E-state index contributed by atoms with van der Waals surface area (Å²) in [5.74, 6) is 1.83. The van der Waals surface area contributed by atoms with Crippen LogP contribution in [0.4, 0.5) is 0 Å². The molecule has 0 aliphatic carbocycles. The van der Waals surface area contributed by atoms with Crippen LogP contribution in [-0.4, -0.2) is 56.8 Å². The molecule has 1 aliphatic rings. The van der Waals surface area contributed by atoms with E-state index in [4.69, 9.17) is 9.15 Å². The van der Waals surface area contributed by atoms with Gasteiger partial charge in [0.15, 0.2) is 0 Å². The van der Waals surface area contributed by atoms with E-state index < -0.39 is 10.0 Å². The smallest absolute Gasteiger partial charge is 0.246 e. The number of furan rings is 1. The van der Waals surface area contributed by atoms with E-state index >= 15 is 0 Å². The minimum atomic E-state index is -3.58. The fourth-order valence-electron chi connectivity index (χ4n) is 2.85. The summed E-state index contributed by atoms with van der Waals surface area (Å²) in [4.78, 5) is 14.1. The van der Waals surface area contributed by atoms with Gasteiger partial charge in [0, 0.05) is 32.3 Å². The van der Waals surface area contributed by atoms with E-state index in [1.807, 2.05) is 13.0 Å². The molecule has 1 saturated heterocycles. The van der Waals surface area contributed by atoms with Gasteiger partial charge in [-0.2, -0.15) is 4.31 Å². The number of benzene rings is 1. The lowest BCUT2D eigenvalue weighted by molar-refractivity contribution is -0.127. The third kappa shape index (κ3) is 4.40. The van der Waals surface area contributed by atoms with E-state index in [0.717, 1.165) is 5.76 Å². The summed E-state index contributed by atoms with van der Waals surface area (Å²) < 4.78 is 37.3. The molecular formula is C19H22N2O5S. The van der Waals surface area contributed by atoms with Gasteiger partial charge in [0.2, 0.25) is 15.9 Å². The lowest BCUT2D eigenvalue weighted by Crippen LogP contribution is -2.50. The molecule has 1 aliphatic heterocycles. The highest BCUT2D eigenvalue weighted by atomic mass is 32.2. The molecule has 7 nitrogen and oxygen atoms in total. The third-order valence-corrected chi connectivity index (χ3v) is 6.31. The number of nitrogens with zero attached hydrogens (tertiary/aromatic N) is 2. The van der Waals surface area contributed by atoms with Gasteiger partial charge in [-0.1, -0.05) is 0 Å². The summed E-state index contributed by atoms with van der Waals surface area (Å²) >= 11 is 0. The molecule has 1 amide bonds. The van der Waals surface area contributed by atoms with Crippen LogP contribution in [0.25, 0.3) is 6.08 Å².